The number of amides is 1. The summed E-state index contributed by atoms with van der Waals surface area (Å²) in [5.74, 6) is 0.0735. The molecule has 1 saturated carbocycles. The van der Waals surface area contributed by atoms with Crippen LogP contribution in [0.3, 0.4) is 0 Å². The molecule has 0 aliphatic heterocycles. The highest BCUT2D eigenvalue weighted by molar-refractivity contribution is 5.78. The lowest BCUT2D eigenvalue weighted by Gasteiger charge is -2.16. The van der Waals surface area contributed by atoms with Crippen molar-refractivity contribution in [2.75, 3.05) is 6.54 Å². The van der Waals surface area contributed by atoms with Crippen molar-refractivity contribution in [2.45, 2.75) is 64.1 Å². The first-order chi connectivity index (χ1) is 7.58. The second-order valence-corrected chi connectivity index (χ2v) is 4.92. The minimum Gasteiger partial charge on any atom is -0.393 e. The molecule has 3 N–H and O–H groups in total. The predicted octanol–water partition coefficient (Wildman–Crippen LogP) is 0.794. The third kappa shape index (κ3) is 5.47. The van der Waals surface area contributed by atoms with Crippen LogP contribution in [-0.4, -0.2) is 35.7 Å². The Morgan fingerprint density at radius 1 is 1.38 bits per heavy atom. The van der Waals surface area contributed by atoms with E-state index >= 15 is 0 Å². The van der Waals surface area contributed by atoms with Crippen molar-refractivity contribution in [1.82, 2.24) is 10.6 Å². The highest BCUT2D eigenvalue weighted by Crippen LogP contribution is 2.17. The zero-order chi connectivity index (χ0) is 12.0. The van der Waals surface area contributed by atoms with E-state index in [9.17, 15) is 9.90 Å². The monoisotopic (exact) mass is 228 g/mol. The molecule has 4 heteroatoms. The molecule has 0 aromatic rings. The van der Waals surface area contributed by atoms with Crippen LogP contribution >= 0.6 is 0 Å². The first kappa shape index (κ1) is 13.5. The standard InChI is InChI=1S/C12H24N2O2/c1-9(7-10(2)15)13-8-12(16)14-11-5-3-4-6-11/h9-11,13,15H,3-8H2,1-2H3,(H,14,16). The maximum absolute atomic E-state index is 11.6. The Bertz CT molecular complexity index is 213. The number of hydrogen-bond donors (Lipinski definition) is 3. The van der Waals surface area contributed by atoms with Gasteiger partial charge < -0.3 is 15.7 Å². The van der Waals surface area contributed by atoms with Crippen LogP contribution in [0.1, 0.15) is 46.0 Å². The Labute approximate surface area is 97.8 Å². The van der Waals surface area contributed by atoms with Crippen LogP contribution in [0.15, 0.2) is 0 Å². The molecule has 2 unspecified atom stereocenters. The fourth-order valence-electron chi connectivity index (χ4n) is 2.21. The number of hydrogen-bond acceptors (Lipinski definition) is 3. The quantitative estimate of drug-likeness (QED) is 0.630. The van der Waals surface area contributed by atoms with Crippen molar-refractivity contribution in [1.29, 1.82) is 0 Å². The van der Waals surface area contributed by atoms with Crippen LogP contribution in [0, 0.1) is 0 Å². The Hall–Kier alpha value is -0.610. The number of carbonyl (C=O) groups excluding carboxylic acids is 1. The summed E-state index contributed by atoms with van der Waals surface area (Å²) in [6, 6.07) is 0.565. The van der Waals surface area contributed by atoms with Crippen LogP contribution in [0.5, 0.6) is 0 Å². The smallest absolute Gasteiger partial charge is 0.234 e. The van der Waals surface area contributed by atoms with Crippen molar-refractivity contribution in [3.8, 4) is 0 Å². The highest BCUT2D eigenvalue weighted by Gasteiger charge is 2.17. The lowest BCUT2D eigenvalue weighted by molar-refractivity contribution is -0.121. The normalized spacial score (nSPS) is 20.7. The van der Waals surface area contributed by atoms with Gasteiger partial charge in [0.1, 0.15) is 0 Å². The molecule has 94 valence electrons. The maximum atomic E-state index is 11.6. The average molecular weight is 228 g/mol. The molecule has 0 heterocycles. The van der Waals surface area contributed by atoms with Crippen LogP contribution in [-0.2, 0) is 4.79 Å². The fraction of sp³-hybridized carbons (Fsp3) is 0.917. The summed E-state index contributed by atoms with van der Waals surface area (Å²) in [4.78, 5) is 11.6. The second kappa shape index (κ2) is 6.86. The van der Waals surface area contributed by atoms with E-state index in [0.29, 0.717) is 19.0 Å². The van der Waals surface area contributed by atoms with Crippen molar-refractivity contribution >= 4 is 5.91 Å². The van der Waals surface area contributed by atoms with Crippen LogP contribution in [0.2, 0.25) is 0 Å². The third-order valence-corrected chi connectivity index (χ3v) is 3.03. The molecule has 1 aliphatic carbocycles. The largest absolute Gasteiger partial charge is 0.393 e. The van der Waals surface area contributed by atoms with E-state index < -0.39 is 0 Å². The molecular formula is C12H24N2O2. The van der Waals surface area contributed by atoms with E-state index in [1.165, 1.54) is 12.8 Å². The first-order valence-electron chi connectivity index (χ1n) is 6.28. The molecule has 0 aromatic carbocycles. The third-order valence-electron chi connectivity index (χ3n) is 3.03. The lowest BCUT2D eigenvalue weighted by Crippen LogP contribution is -2.42. The van der Waals surface area contributed by atoms with Gasteiger partial charge in [-0.25, -0.2) is 0 Å². The van der Waals surface area contributed by atoms with Gasteiger partial charge in [0.05, 0.1) is 12.6 Å². The SMILES string of the molecule is CC(O)CC(C)NCC(=O)NC1CCCC1. The van der Waals surface area contributed by atoms with Gasteiger partial charge in [-0.05, 0) is 33.1 Å². The van der Waals surface area contributed by atoms with Crippen molar-refractivity contribution < 1.29 is 9.90 Å². The Morgan fingerprint density at radius 3 is 2.56 bits per heavy atom. The van der Waals surface area contributed by atoms with Crippen LogP contribution < -0.4 is 10.6 Å². The van der Waals surface area contributed by atoms with Crippen molar-refractivity contribution in [3.63, 3.8) is 0 Å². The zero-order valence-corrected chi connectivity index (χ0v) is 10.3. The number of rotatable bonds is 6. The summed E-state index contributed by atoms with van der Waals surface area (Å²) in [6.45, 7) is 4.09. The summed E-state index contributed by atoms with van der Waals surface area (Å²) < 4.78 is 0. The molecule has 0 bridgehead atoms. The molecule has 1 amide bonds. The number of aliphatic hydroxyl groups excluding tert-OH is 1. The van der Waals surface area contributed by atoms with Gasteiger partial charge in [0.25, 0.3) is 0 Å². The second-order valence-electron chi connectivity index (χ2n) is 4.92. The van der Waals surface area contributed by atoms with Crippen LogP contribution in [0.4, 0.5) is 0 Å². The molecule has 1 rings (SSSR count). The number of carbonyl (C=O) groups is 1. The molecule has 16 heavy (non-hydrogen) atoms. The molecule has 4 nitrogen and oxygen atoms in total. The van der Waals surface area contributed by atoms with Gasteiger partial charge >= 0.3 is 0 Å². The molecule has 0 spiro atoms. The summed E-state index contributed by atoms with van der Waals surface area (Å²) in [7, 11) is 0. The molecule has 1 fully saturated rings. The Morgan fingerprint density at radius 2 is 2.00 bits per heavy atom. The van der Waals surface area contributed by atoms with Gasteiger partial charge in [0.2, 0.25) is 5.91 Å². The number of nitrogens with one attached hydrogen (secondary N) is 2. The van der Waals surface area contributed by atoms with Gasteiger partial charge in [-0.3, -0.25) is 4.79 Å². The molecule has 0 radical (unpaired) electrons. The minimum absolute atomic E-state index is 0.0735. The first-order valence-corrected chi connectivity index (χ1v) is 6.28. The molecular weight excluding hydrogens is 204 g/mol. The Kier molecular flexibility index (Phi) is 5.77. The van der Waals surface area contributed by atoms with Crippen molar-refractivity contribution in [2.24, 2.45) is 0 Å². The topological polar surface area (TPSA) is 61.4 Å². The van der Waals surface area contributed by atoms with Gasteiger partial charge in [-0.15, -0.1) is 0 Å². The van der Waals surface area contributed by atoms with Crippen molar-refractivity contribution in [3.05, 3.63) is 0 Å². The van der Waals surface area contributed by atoms with E-state index in [-0.39, 0.29) is 18.1 Å². The zero-order valence-electron chi connectivity index (χ0n) is 10.3. The highest BCUT2D eigenvalue weighted by atomic mass is 16.3. The van der Waals surface area contributed by atoms with E-state index in [0.717, 1.165) is 12.8 Å². The molecule has 0 saturated heterocycles. The van der Waals surface area contributed by atoms with E-state index in [1.807, 2.05) is 6.92 Å². The summed E-state index contributed by atoms with van der Waals surface area (Å²) in [5, 5.41) is 15.3. The van der Waals surface area contributed by atoms with Gasteiger partial charge in [-0.2, -0.15) is 0 Å². The summed E-state index contributed by atoms with van der Waals surface area (Å²) in [5.41, 5.74) is 0. The lowest BCUT2D eigenvalue weighted by atomic mass is 10.1. The van der Waals surface area contributed by atoms with Gasteiger partial charge in [-0.1, -0.05) is 12.8 Å². The fourth-order valence-corrected chi connectivity index (χ4v) is 2.21. The van der Waals surface area contributed by atoms with E-state index in [1.54, 1.807) is 6.92 Å². The van der Waals surface area contributed by atoms with Gasteiger partial charge in [0.15, 0.2) is 0 Å². The van der Waals surface area contributed by atoms with E-state index in [4.69, 9.17) is 0 Å². The summed E-state index contributed by atoms with van der Waals surface area (Å²) >= 11 is 0. The summed E-state index contributed by atoms with van der Waals surface area (Å²) in [6.07, 6.45) is 5.06. The molecule has 0 aromatic heterocycles. The Balaban J connectivity index is 2.09. The van der Waals surface area contributed by atoms with Gasteiger partial charge in [0, 0.05) is 12.1 Å². The van der Waals surface area contributed by atoms with Crippen LogP contribution in [0.25, 0.3) is 0 Å². The number of aliphatic hydroxyl groups is 1. The average Bonchev–Trinajstić information content (AvgIpc) is 2.66. The minimum atomic E-state index is -0.319. The maximum Gasteiger partial charge on any atom is 0.234 e. The molecule has 2 atom stereocenters. The van der Waals surface area contributed by atoms with E-state index in [2.05, 4.69) is 10.6 Å². The predicted molar refractivity (Wildman–Crippen MR) is 64.2 cm³/mol. The molecule has 1 aliphatic rings.